The lowest BCUT2D eigenvalue weighted by atomic mass is 9.72. The third-order valence-corrected chi connectivity index (χ3v) is 11.6. The highest BCUT2D eigenvalue weighted by molar-refractivity contribution is 6.06. The second-order valence-electron chi connectivity index (χ2n) is 15.4. The summed E-state index contributed by atoms with van der Waals surface area (Å²) in [4.78, 5) is 16.6. The Morgan fingerprint density at radius 3 is 2.49 bits per heavy atom. The van der Waals surface area contributed by atoms with Gasteiger partial charge < -0.3 is 29.1 Å². The fourth-order valence-electron chi connectivity index (χ4n) is 8.52. The summed E-state index contributed by atoms with van der Waals surface area (Å²) in [5, 5.41) is 19.1. The monoisotopic (exact) mass is 735 g/mol. The smallest absolute Gasteiger partial charge is 0.422 e. The topological polar surface area (TPSA) is 112 Å². The fourth-order valence-corrected chi connectivity index (χ4v) is 8.52. The highest BCUT2D eigenvalue weighted by atomic mass is 19.4. The summed E-state index contributed by atoms with van der Waals surface area (Å²) in [6, 6.07) is 6.14. The maximum Gasteiger partial charge on any atom is 0.422 e. The molecule has 1 spiro atoms. The number of likely N-dealkylation sites (tertiary alicyclic amines) is 2. The molecular formula is C39H48F3N7O4. The number of nitrogens with zero attached hydrogens (tertiary/aromatic N) is 6. The van der Waals surface area contributed by atoms with Gasteiger partial charge in [0, 0.05) is 69.3 Å². The number of rotatable bonds is 12. The van der Waals surface area contributed by atoms with Gasteiger partial charge in [0.05, 0.1) is 18.3 Å². The number of alkyl halides is 3. The van der Waals surface area contributed by atoms with E-state index in [0.29, 0.717) is 42.0 Å². The number of aliphatic hydroxyl groups excluding tert-OH is 1. The number of nitrogens with one attached hydrogen (secondary N) is 1. The number of halogens is 3. The molecule has 1 unspecified atom stereocenters. The molecular weight excluding hydrogens is 687 g/mol. The molecule has 1 atom stereocenters. The van der Waals surface area contributed by atoms with E-state index in [9.17, 15) is 18.3 Å². The maximum atomic E-state index is 14.1. The van der Waals surface area contributed by atoms with Crippen LogP contribution in [0.1, 0.15) is 55.6 Å². The van der Waals surface area contributed by atoms with E-state index < -0.39 is 19.0 Å². The molecule has 3 aliphatic heterocycles. The molecule has 11 nitrogen and oxygen atoms in total. The summed E-state index contributed by atoms with van der Waals surface area (Å²) in [6.07, 6.45) is 3.08. The van der Waals surface area contributed by atoms with Crippen LogP contribution >= 0.6 is 0 Å². The van der Waals surface area contributed by atoms with Gasteiger partial charge in [0.15, 0.2) is 12.4 Å². The molecule has 1 aliphatic carbocycles. The van der Waals surface area contributed by atoms with Crippen molar-refractivity contribution in [1.82, 2.24) is 30.0 Å². The molecule has 0 radical (unpaired) electrons. The number of hydrogen-bond donors (Lipinski definition) is 2. The molecule has 5 heterocycles. The highest BCUT2D eigenvalue weighted by Crippen LogP contribution is 2.53. The third-order valence-electron chi connectivity index (χ3n) is 11.6. The van der Waals surface area contributed by atoms with Crippen LogP contribution in [0.5, 0.6) is 11.8 Å². The van der Waals surface area contributed by atoms with E-state index in [0.717, 1.165) is 98.8 Å². The van der Waals surface area contributed by atoms with Crippen molar-refractivity contribution in [3.8, 4) is 22.9 Å². The predicted octanol–water partition coefficient (Wildman–Crippen LogP) is 6.20. The number of aryl methyl sites for hydroxylation is 1. The Morgan fingerprint density at radius 1 is 1.06 bits per heavy atom. The second kappa shape index (κ2) is 14.3. The predicted molar refractivity (Wildman–Crippen MR) is 197 cm³/mol. The van der Waals surface area contributed by atoms with Crippen molar-refractivity contribution in [2.75, 3.05) is 71.0 Å². The van der Waals surface area contributed by atoms with Crippen LogP contribution in [0, 0.1) is 12.3 Å². The summed E-state index contributed by atoms with van der Waals surface area (Å²) in [6.45, 7) is 10.4. The number of aromatic amines is 1. The largest absolute Gasteiger partial charge is 0.481 e. The van der Waals surface area contributed by atoms with E-state index >= 15 is 0 Å². The Morgan fingerprint density at radius 2 is 1.81 bits per heavy atom. The van der Waals surface area contributed by atoms with Gasteiger partial charge >= 0.3 is 12.2 Å². The lowest BCUT2D eigenvalue weighted by Gasteiger charge is -2.55. The summed E-state index contributed by atoms with van der Waals surface area (Å²) in [5.74, 6) is 0.921. The van der Waals surface area contributed by atoms with Crippen LogP contribution in [0.4, 0.5) is 19.0 Å². The van der Waals surface area contributed by atoms with Gasteiger partial charge in [-0.05, 0) is 91.7 Å². The molecule has 2 N–H and O–H groups in total. The molecule has 4 aliphatic rings. The number of ether oxygens (including phenoxy) is 3. The van der Waals surface area contributed by atoms with Crippen LogP contribution in [0.3, 0.4) is 0 Å². The number of hydrogen-bond acceptors (Lipinski definition) is 10. The van der Waals surface area contributed by atoms with Gasteiger partial charge in [0.2, 0.25) is 0 Å². The van der Waals surface area contributed by atoms with Crippen LogP contribution in [-0.4, -0.2) is 120 Å². The number of H-pyrrole nitrogens is 1. The Bertz CT molecular complexity index is 1960. The highest BCUT2D eigenvalue weighted by Gasteiger charge is 2.47. The first kappa shape index (κ1) is 36.0. The maximum absolute atomic E-state index is 14.1. The molecule has 53 heavy (non-hydrogen) atoms. The Balaban J connectivity index is 1.24. The average molecular weight is 736 g/mol. The number of aromatic nitrogens is 4. The number of aliphatic hydroxyl groups is 1. The SMILES string of the molecule is C=CC(O)N1CC2(CCN(c3nc(OC4CCN(CCOC)CC4)nc4c(OCC(F)(F)F)c(-c5c(C)ccc6[nH]ncc56)c(C5CC5)cc34)CC2)C1. The van der Waals surface area contributed by atoms with Crippen LogP contribution in [0.15, 0.2) is 37.1 Å². The lowest BCUT2D eigenvalue weighted by molar-refractivity contribution is -0.153. The van der Waals surface area contributed by atoms with Crippen molar-refractivity contribution < 1.29 is 32.5 Å². The third kappa shape index (κ3) is 7.30. The summed E-state index contributed by atoms with van der Waals surface area (Å²) in [5.41, 5.74) is 4.46. The minimum absolute atomic E-state index is 0.0908. The average Bonchev–Trinajstić information content (AvgIpc) is 3.87. The van der Waals surface area contributed by atoms with Crippen molar-refractivity contribution in [3.05, 3.63) is 48.2 Å². The Hall–Kier alpha value is -3.98. The van der Waals surface area contributed by atoms with Crippen molar-refractivity contribution in [2.24, 2.45) is 5.41 Å². The van der Waals surface area contributed by atoms with E-state index in [1.165, 1.54) is 0 Å². The van der Waals surface area contributed by atoms with Crippen molar-refractivity contribution >= 4 is 27.6 Å². The lowest BCUT2D eigenvalue weighted by Crippen LogP contribution is -2.62. The summed E-state index contributed by atoms with van der Waals surface area (Å²) >= 11 is 0. The van der Waals surface area contributed by atoms with Crippen molar-refractivity contribution in [3.63, 3.8) is 0 Å². The molecule has 14 heteroatoms. The number of piperidine rings is 2. The van der Waals surface area contributed by atoms with Crippen molar-refractivity contribution in [1.29, 1.82) is 0 Å². The van der Waals surface area contributed by atoms with E-state index in [1.807, 2.05) is 24.0 Å². The zero-order valence-corrected chi connectivity index (χ0v) is 30.4. The quantitative estimate of drug-likeness (QED) is 0.163. The molecule has 2 aromatic carbocycles. The Labute approximate surface area is 307 Å². The minimum Gasteiger partial charge on any atom is -0.481 e. The summed E-state index contributed by atoms with van der Waals surface area (Å²) in [7, 11) is 1.70. The first-order valence-electron chi connectivity index (χ1n) is 18.7. The second-order valence-corrected chi connectivity index (χ2v) is 15.4. The van der Waals surface area contributed by atoms with Crippen LogP contribution in [-0.2, 0) is 4.74 Å². The van der Waals surface area contributed by atoms with Crippen molar-refractivity contribution in [2.45, 2.75) is 69.9 Å². The van der Waals surface area contributed by atoms with Crippen LogP contribution in [0.2, 0.25) is 0 Å². The molecule has 2 aromatic heterocycles. The number of anilines is 1. The van der Waals surface area contributed by atoms with Gasteiger partial charge in [-0.1, -0.05) is 12.6 Å². The summed E-state index contributed by atoms with van der Waals surface area (Å²) < 4.78 is 60.0. The van der Waals surface area contributed by atoms with E-state index in [-0.39, 0.29) is 29.2 Å². The number of methoxy groups -OCH3 is 1. The number of fused-ring (bicyclic) bond motifs is 2. The zero-order valence-electron chi connectivity index (χ0n) is 30.4. The van der Waals surface area contributed by atoms with Gasteiger partial charge in [-0.3, -0.25) is 10.00 Å². The molecule has 4 fully saturated rings. The first-order valence-corrected chi connectivity index (χ1v) is 18.7. The van der Waals surface area contributed by atoms with Crippen LogP contribution < -0.4 is 14.4 Å². The molecule has 1 saturated carbocycles. The first-order chi connectivity index (χ1) is 25.5. The fraction of sp³-hybridized carbons (Fsp3) is 0.564. The van der Waals surface area contributed by atoms with Gasteiger partial charge in [-0.15, -0.1) is 0 Å². The van der Waals surface area contributed by atoms with E-state index in [2.05, 4.69) is 32.6 Å². The Kier molecular flexibility index (Phi) is 9.75. The minimum atomic E-state index is -4.57. The zero-order chi connectivity index (χ0) is 36.9. The molecule has 0 bridgehead atoms. The molecule has 0 amide bonds. The van der Waals surface area contributed by atoms with E-state index in [4.69, 9.17) is 24.2 Å². The molecule has 3 saturated heterocycles. The molecule has 8 rings (SSSR count). The van der Waals surface area contributed by atoms with Gasteiger partial charge in [-0.25, -0.2) is 0 Å². The van der Waals surface area contributed by atoms with Gasteiger partial charge in [0.1, 0.15) is 23.7 Å². The van der Waals surface area contributed by atoms with E-state index in [1.54, 1.807) is 19.4 Å². The number of benzene rings is 2. The van der Waals surface area contributed by atoms with Gasteiger partial charge in [-0.2, -0.15) is 28.2 Å². The molecule has 284 valence electrons. The standard InChI is InChI=1S/C39H48F3N7O4/c1-4-31(50)49-21-38(22-49)11-15-48(16-12-38)36-28-19-27(25-6-7-25)33(32-24(2)5-8-30-29(32)20-43-46-30)35(52-23-39(40,41)42)34(28)44-37(45-36)53-26-9-13-47(14-10-26)17-18-51-3/h4-5,8,19-20,25-26,31,50H,1,6-7,9-18,21-23H2,2-3H3,(H,43,46). The normalized spacial score (nSPS) is 20.6. The van der Waals surface area contributed by atoms with Gasteiger partial charge in [0.25, 0.3) is 0 Å². The molecule has 4 aromatic rings. The van der Waals surface area contributed by atoms with Crippen LogP contribution in [0.25, 0.3) is 32.9 Å².